The summed E-state index contributed by atoms with van der Waals surface area (Å²) in [6.07, 6.45) is 4.05. The Morgan fingerprint density at radius 3 is 2.90 bits per heavy atom. The summed E-state index contributed by atoms with van der Waals surface area (Å²) in [4.78, 5) is 4.02. The number of halogens is 1. The topological polar surface area (TPSA) is 65.4 Å². The summed E-state index contributed by atoms with van der Waals surface area (Å²) < 4.78 is 20.5. The second kappa shape index (κ2) is 6.18. The van der Waals surface area contributed by atoms with E-state index in [2.05, 4.69) is 10.1 Å². The highest BCUT2D eigenvalue weighted by Gasteiger charge is 2.04. The molecular formula is C14H17FN4O. The predicted octanol–water partition coefficient (Wildman–Crippen LogP) is 2.58. The average Bonchev–Trinajstić information content (AvgIpc) is 2.73. The molecule has 2 rings (SSSR count). The number of benzene rings is 1. The summed E-state index contributed by atoms with van der Waals surface area (Å²) in [6, 6.07) is 4.70. The molecule has 0 aliphatic rings. The van der Waals surface area contributed by atoms with E-state index in [0.29, 0.717) is 18.1 Å². The lowest BCUT2D eigenvalue weighted by Crippen LogP contribution is -1.99. The minimum Gasteiger partial charge on any atom is -0.491 e. The van der Waals surface area contributed by atoms with E-state index >= 15 is 0 Å². The average molecular weight is 276 g/mol. The highest BCUT2D eigenvalue weighted by molar-refractivity contribution is 5.79. The third-order valence-electron chi connectivity index (χ3n) is 2.58. The standard InChI is InChI=1S/C14H17FN4O/c1-3-6-20-13-5-4-11(7-12(13)15)8-17-19-9-10(2)18-14(19)16/h4-5,7-9H,3,6H2,1-2H3,(H2,16,18). The fraction of sp³-hybridized carbons (Fsp3) is 0.286. The Morgan fingerprint density at radius 1 is 1.50 bits per heavy atom. The van der Waals surface area contributed by atoms with Gasteiger partial charge >= 0.3 is 0 Å². The fourth-order valence-electron chi connectivity index (χ4n) is 1.65. The van der Waals surface area contributed by atoms with Crippen LogP contribution >= 0.6 is 0 Å². The first-order valence-electron chi connectivity index (χ1n) is 6.38. The van der Waals surface area contributed by atoms with Gasteiger partial charge in [-0.3, -0.25) is 0 Å². The molecule has 5 nitrogen and oxygen atoms in total. The number of anilines is 1. The summed E-state index contributed by atoms with van der Waals surface area (Å²) in [6.45, 7) is 4.29. The van der Waals surface area contributed by atoms with Crippen molar-refractivity contribution in [2.75, 3.05) is 12.3 Å². The van der Waals surface area contributed by atoms with Crippen LogP contribution in [0.5, 0.6) is 5.75 Å². The number of nitrogens with zero attached hydrogens (tertiary/aromatic N) is 3. The monoisotopic (exact) mass is 276 g/mol. The number of imidazole rings is 1. The van der Waals surface area contributed by atoms with Gasteiger partial charge in [0, 0.05) is 0 Å². The SMILES string of the molecule is CCCOc1ccc(C=Nn2cc(C)nc2N)cc1F. The minimum absolute atomic E-state index is 0.252. The molecule has 1 aromatic heterocycles. The lowest BCUT2D eigenvalue weighted by Gasteiger charge is -2.05. The van der Waals surface area contributed by atoms with Gasteiger partial charge in [-0.05, 0) is 37.1 Å². The highest BCUT2D eigenvalue weighted by Crippen LogP contribution is 2.18. The first kappa shape index (κ1) is 14.0. The Labute approximate surface area is 116 Å². The molecule has 0 unspecified atom stereocenters. The zero-order chi connectivity index (χ0) is 14.5. The largest absolute Gasteiger partial charge is 0.491 e. The maximum absolute atomic E-state index is 13.8. The first-order valence-corrected chi connectivity index (χ1v) is 6.38. The second-order valence-electron chi connectivity index (χ2n) is 4.37. The van der Waals surface area contributed by atoms with Crippen molar-refractivity contribution in [1.82, 2.24) is 9.66 Å². The Hall–Kier alpha value is -2.37. The predicted molar refractivity (Wildman–Crippen MR) is 76.6 cm³/mol. The molecule has 6 heteroatoms. The van der Waals surface area contributed by atoms with Gasteiger partial charge in [-0.1, -0.05) is 6.92 Å². The van der Waals surface area contributed by atoms with E-state index in [4.69, 9.17) is 10.5 Å². The molecule has 0 spiro atoms. The van der Waals surface area contributed by atoms with Crippen LogP contribution in [0.3, 0.4) is 0 Å². The smallest absolute Gasteiger partial charge is 0.221 e. The van der Waals surface area contributed by atoms with Gasteiger partial charge in [0.15, 0.2) is 11.6 Å². The molecule has 20 heavy (non-hydrogen) atoms. The van der Waals surface area contributed by atoms with Crippen LogP contribution in [0.1, 0.15) is 24.6 Å². The summed E-state index contributed by atoms with van der Waals surface area (Å²) in [7, 11) is 0. The van der Waals surface area contributed by atoms with E-state index in [1.54, 1.807) is 18.3 Å². The molecule has 0 bridgehead atoms. The molecule has 0 fully saturated rings. The Morgan fingerprint density at radius 2 is 2.30 bits per heavy atom. The number of nitrogens with two attached hydrogens (primary N) is 1. The Bertz CT molecular complexity index is 622. The first-order chi connectivity index (χ1) is 9.60. The van der Waals surface area contributed by atoms with Crippen molar-refractivity contribution in [3.63, 3.8) is 0 Å². The van der Waals surface area contributed by atoms with Crippen LogP contribution in [0.25, 0.3) is 0 Å². The van der Waals surface area contributed by atoms with Crippen LogP contribution in [0.15, 0.2) is 29.5 Å². The third-order valence-corrected chi connectivity index (χ3v) is 2.58. The van der Waals surface area contributed by atoms with Crippen LogP contribution in [0.4, 0.5) is 10.3 Å². The summed E-state index contributed by atoms with van der Waals surface area (Å²) in [5, 5.41) is 4.13. The molecule has 2 aromatic rings. The van der Waals surface area contributed by atoms with E-state index in [0.717, 1.165) is 12.1 Å². The summed E-state index contributed by atoms with van der Waals surface area (Å²) >= 11 is 0. The Balaban J connectivity index is 2.14. The van der Waals surface area contributed by atoms with E-state index in [1.165, 1.54) is 17.0 Å². The zero-order valence-corrected chi connectivity index (χ0v) is 11.5. The van der Waals surface area contributed by atoms with Crippen molar-refractivity contribution in [3.8, 4) is 5.75 Å². The van der Waals surface area contributed by atoms with Gasteiger partial charge in [0.1, 0.15) is 0 Å². The van der Waals surface area contributed by atoms with Crippen LogP contribution in [0, 0.1) is 12.7 Å². The summed E-state index contributed by atoms with van der Waals surface area (Å²) in [5.41, 5.74) is 7.05. The van der Waals surface area contributed by atoms with Crippen LogP contribution in [-0.2, 0) is 0 Å². The van der Waals surface area contributed by atoms with E-state index in [9.17, 15) is 4.39 Å². The quantitative estimate of drug-likeness (QED) is 0.854. The van der Waals surface area contributed by atoms with Gasteiger partial charge in [0.05, 0.1) is 24.7 Å². The van der Waals surface area contributed by atoms with E-state index < -0.39 is 5.82 Å². The molecule has 0 amide bonds. The van der Waals surface area contributed by atoms with Crippen molar-refractivity contribution in [2.24, 2.45) is 5.10 Å². The Kier molecular flexibility index (Phi) is 4.34. The van der Waals surface area contributed by atoms with Crippen LogP contribution in [-0.4, -0.2) is 22.5 Å². The van der Waals surface area contributed by atoms with Crippen molar-refractivity contribution < 1.29 is 9.13 Å². The maximum atomic E-state index is 13.8. The second-order valence-corrected chi connectivity index (χ2v) is 4.37. The van der Waals surface area contributed by atoms with Crippen molar-refractivity contribution in [2.45, 2.75) is 20.3 Å². The van der Waals surface area contributed by atoms with Crippen molar-refractivity contribution in [1.29, 1.82) is 0 Å². The van der Waals surface area contributed by atoms with Crippen molar-refractivity contribution in [3.05, 3.63) is 41.5 Å². The minimum atomic E-state index is -0.405. The van der Waals surface area contributed by atoms with E-state index in [-0.39, 0.29) is 5.75 Å². The lowest BCUT2D eigenvalue weighted by atomic mass is 10.2. The third kappa shape index (κ3) is 3.34. The number of aryl methyl sites for hydroxylation is 1. The molecule has 2 N–H and O–H groups in total. The molecule has 0 aliphatic carbocycles. The number of aromatic nitrogens is 2. The highest BCUT2D eigenvalue weighted by atomic mass is 19.1. The van der Waals surface area contributed by atoms with Crippen LogP contribution < -0.4 is 10.5 Å². The molecule has 0 saturated heterocycles. The van der Waals surface area contributed by atoms with Gasteiger partial charge < -0.3 is 10.5 Å². The number of nitrogen functional groups attached to an aromatic ring is 1. The molecule has 0 radical (unpaired) electrons. The van der Waals surface area contributed by atoms with Gasteiger partial charge in [-0.2, -0.15) is 5.10 Å². The molecule has 1 aromatic carbocycles. The molecule has 0 atom stereocenters. The van der Waals surface area contributed by atoms with Gasteiger partial charge in [-0.15, -0.1) is 0 Å². The molecular weight excluding hydrogens is 259 g/mol. The number of ether oxygens (including phenoxy) is 1. The van der Waals surface area contributed by atoms with Gasteiger partial charge in [-0.25, -0.2) is 14.1 Å². The number of hydrogen-bond donors (Lipinski definition) is 1. The number of rotatable bonds is 5. The maximum Gasteiger partial charge on any atom is 0.221 e. The molecule has 0 aliphatic heterocycles. The zero-order valence-electron chi connectivity index (χ0n) is 11.5. The lowest BCUT2D eigenvalue weighted by molar-refractivity contribution is 0.301. The number of hydrogen-bond acceptors (Lipinski definition) is 4. The molecule has 0 saturated carbocycles. The molecule has 106 valence electrons. The van der Waals surface area contributed by atoms with Crippen LogP contribution in [0.2, 0.25) is 0 Å². The molecule has 1 heterocycles. The van der Waals surface area contributed by atoms with E-state index in [1.807, 2.05) is 13.8 Å². The van der Waals surface area contributed by atoms with Crippen molar-refractivity contribution >= 4 is 12.2 Å². The summed E-state index contributed by atoms with van der Waals surface area (Å²) in [5.74, 6) is 0.140. The fourth-order valence-corrected chi connectivity index (χ4v) is 1.65. The normalized spacial score (nSPS) is 11.2. The van der Waals surface area contributed by atoms with Gasteiger partial charge in [0.25, 0.3) is 0 Å². The van der Waals surface area contributed by atoms with Gasteiger partial charge in [0.2, 0.25) is 5.95 Å².